The van der Waals surface area contributed by atoms with E-state index in [2.05, 4.69) is 48.7 Å². The van der Waals surface area contributed by atoms with Gasteiger partial charge in [0.15, 0.2) is 0 Å². The van der Waals surface area contributed by atoms with E-state index in [-0.39, 0.29) is 11.3 Å². The average molecular weight is 332 g/mol. The van der Waals surface area contributed by atoms with E-state index in [0.717, 1.165) is 38.8 Å². The second-order valence-corrected chi connectivity index (χ2v) is 7.06. The maximum absolute atomic E-state index is 12.9. The van der Waals surface area contributed by atoms with Crippen molar-refractivity contribution in [3.8, 4) is 0 Å². The molecule has 2 rings (SSSR count). The van der Waals surface area contributed by atoms with Crippen molar-refractivity contribution < 1.29 is 9.53 Å². The van der Waals surface area contributed by atoms with Crippen LogP contribution in [0.25, 0.3) is 0 Å². The number of benzene rings is 1. The SMILES string of the molecule is COCCNCCNC(=O)C1(c2ccc(C(C)C)cc2)CCCC1. The van der Waals surface area contributed by atoms with Crippen LogP contribution in [0.2, 0.25) is 0 Å². The molecule has 1 aromatic carbocycles. The topological polar surface area (TPSA) is 50.4 Å². The number of hydrogen-bond donors (Lipinski definition) is 2. The lowest BCUT2D eigenvalue weighted by Gasteiger charge is -2.29. The van der Waals surface area contributed by atoms with Crippen molar-refractivity contribution in [1.82, 2.24) is 10.6 Å². The zero-order valence-electron chi connectivity index (χ0n) is 15.4. The van der Waals surface area contributed by atoms with Gasteiger partial charge in [-0.25, -0.2) is 0 Å². The summed E-state index contributed by atoms with van der Waals surface area (Å²) in [4.78, 5) is 12.9. The van der Waals surface area contributed by atoms with Crippen molar-refractivity contribution in [3.05, 3.63) is 35.4 Å². The number of carbonyl (C=O) groups excluding carboxylic acids is 1. The lowest BCUT2D eigenvalue weighted by molar-refractivity contribution is -0.126. The summed E-state index contributed by atoms with van der Waals surface area (Å²) >= 11 is 0. The molecule has 1 fully saturated rings. The Morgan fingerprint density at radius 3 is 2.38 bits per heavy atom. The standard InChI is InChI=1S/C20H32N2O2/c1-16(2)17-6-8-18(9-7-17)20(10-4-5-11-20)19(23)22-13-12-21-14-15-24-3/h6-9,16,21H,4-5,10-15H2,1-3H3,(H,22,23). The van der Waals surface area contributed by atoms with Crippen LogP contribution >= 0.6 is 0 Å². The Morgan fingerprint density at radius 2 is 1.79 bits per heavy atom. The first-order valence-corrected chi connectivity index (χ1v) is 9.18. The van der Waals surface area contributed by atoms with Gasteiger partial charge in [-0.05, 0) is 29.9 Å². The number of carbonyl (C=O) groups is 1. The van der Waals surface area contributed by atoms with Crippen LogP contribution in [0.5, 0.6) is 0 Å². The van der Waals surface area contributed by atoms with E-state index in [9.17, 15) is 4.79 Å². The summed E-state index contributed by atoms with van der Waals surface area (Å²) in [5.74, 6) is 0.705. The number of methoxy groups -OCH3 is 1. The molecule has 0 saturated heterocycles. The van der Waals surface area contributed by atoms with E-state index >= 15 is 0 Å². The second kappa shape index (κ2) is 9.19. The lowest BCUT2D eigenvalue weighted by atomic mass is 9.77. The van der Waals surface area contributed by atoms with E-state index in [1.54, 1.807) is 7.11 Å². The molecule has 1 aromatic rings. The third kappa shape index (κ3) is 4.58. The summed E-state index contributed by atoms with van der Waals surface area (Å²) in [6.45, 7) is 7.34. The second-order valence-electron chi connectivity index (χ2n) is 7.06. The first-order valence-electron chi connectivity index (χ1n) is 9.18. The number of ether oxygens (including phenoxy) is 1. The highest BCUT2D eigenvalue weighted by atomic mass is 16.5. The lowest BCUT2D eigenvalue weighted by Crippen LogP contribution is -2.44. The number of amides is 1. The van der Waals surface area contributed by atoms with Crippen molar-refractivity contribution in [2.45, 2.75) is 50.9 Å². The maximum Gasteiger partial charge on any atom is 0.230 e. The predicted octanol–water partition coefficient (Wildman–Crippen LogP) is 2.97. The van der Waals surface area contributed by atoms with Gasteiger partial charge < -0.3 is 15.4 Å². The highest BCUT2D eigenvalue weighted by Gasteiger charge is 2.42. The molecule has 4 nitrogen and oxygen atoms in total. The van der Waals surface area contributed by atoms with Gasteiger partial charge in [0, 0.05) is 26.7 Å². The fraction of sp³-hybridized carbons (Fsp3) is 0.650. The van der Waals surface area contributed by atoms with Crippen LogP contribution in [0.3, 0.4) is 0 Å². The third-order valence-corrected chi connectivity index (χ3v) is 5.09. The van der Waals surface area contributed by atoms with Crippen molar-refractivity contribution in [2.75, 3.05) is 33.4 Å². The van der Waals surface area contributed by atoms with Crippen molar-refractivity contribution in [3.63, 3.8) is 0 Å². The molecule has 134 valence electrons. The predicted molar refractivity (Wildman–Crippen MR) is 98.4 cm³/mol. The minimum Gasteiger partial charge on any atom is -0.383 e. The molecular formula is C20H32N2O2. The van der Waals surface area contributed by atoms with Crippen molar-refractivity contribution in [1.29, 1.82) is 0 Å². The fourth-order valence-electron chi connectivity index (χ4n) is 3.55. The molecule has 0 heterocycles. The van der Waals surface area contributed by atoms with E-state index < -0.39 is 0 Å². The molecule has 0 unspecified atom stereocenters. The quantitative estimate of drug-likeness (QED) is 0.684. The summed E-state index contributed by atoms with van der Waals surface area (Å²) in [5.41, 5.74) is 2.17. The largest absolute Gasteiger partial charge is 0.383 e. The highest BCUT2D eigenvalue weighted by molar-refractivity contribution is 5.88. The van der Waals surface area contributed by atoms with Crippen LogP contribution in [0.1, 0.15) is 56.6 Å². The van der Waals surface area contributed by atoms with Crippen LogP contribution in [0, 0.1) is 0 Å². The van der Waals surface area contributed by atoms with E-state index in [4.69, 9.17) is 4.74 Å². The minimum atomic E-state index is -0.331. The summed E-state index contributed by atoms with van der Waals surface area (Å²) < 4.78 is 5.00. The van der Waals surface area contributed by atoms with Gasteiger partial charge in [-0.3, -0.25) is 4.79 Å². The number of nitrogens with one attached hydrogen (secondary N) is 2. The first kappa shape index (κ1) is 18.9. The van der Waals surface area contributed by atoms with Crippen LogP contribution in [0.15, 0.2) is 24.3 Å². The van der Waals surface area contributed by atoms with Gasteiger partial charge in [0.05, 0.1) is 12.0 Å². The maximum atomic E-state index is 12.9. The Labute approximate surface area is 146 Å². The van der Waals surface area contributed by atoms with Gasteiger partial charge in [-0.15, -0.1) is 0 Å². The molecule has 1 aliphatic carbocycles. The molecular weight excluding hydrogens is 300 g/mol. The summed E-state index contributed by atoms with van der Waals surface area (Å²) in [5, 5.41) is 6.40. The van der Waals surface area contributed by atoms with Crippen LogP contribution in [-0.2, 0) is 14.9 Å². The molecule has 0 radical (unpaired) electrons. The third-order valence-electron chi connectivity index (χ3n) is 5.09. The van der Waals surface area contributed by atoms with Crippen LogP contribution in [0.4, 0.5) is 0 Å². The van der Waals surface area contributed by atoms with Gasteiger partial charge in [-0.1, -0.05) is 51.0 Å². The van der Waals surface area contributed by atoms with Gasteiger partial charge in [0.1, 0.15) is 0 Å². The Morgan fingerprint density at radius 1 is 1.12 bits per heavy atom. The van der Waals surface area contributed by atoms with E-state index in [1.807, 2.05) is 0 Å². The highest BCUT2D eigenvalue weighted by Crippen LogP contribution is 2.41. The van der Waals surface area contributed by atoms with Crippen molar-refractivity contribution in [2.24, 2.45) is 0 Å². The summed E-state index contributed by atoms with van der Waals surface area (Å²) in [7, 11) is 1.69. The zero-order chi connectivity index (χ0) is 17.4. The molecule has 0 atom stereocenters. The fourth-order valence-corrected chi connectivity index (χ4v) is 3.55. The molecule has 0 aromatic heterocycles. The molecule has 0 spiro atoms. The van der Waals surface area contributed by atoms with Crippen LogP contribution in [-0.4, -0.2) is 39.3 Å². The van der Waals surface area contributed by atoms with Crippen molar-refractivity contribution >= 4 is 5.91 Å². The monoisotopic (exact) mass is 332 g/mol. The zero-order valence-corrected chi connectivity index (χ0v) is 15.4. The molecule has 1 saturated carbocycles. The Kier molecular flexibility index (Phi) is 7.25. The Balaban J connectivity index is 1.97. The normalized spacial score (nSPS) is 16.5. The van der Waals surface area contributed by atoms with Gasteiger partial charge in [0.2, 0.25) is 5.91 Å². The minimum absolute atomic E-state index is 0.186. The molecule has 4 heteroatoms. The number of hydrogen-bond acceptors (Lipinski definition) is 3. The van der Waals surface area contributed by atoms with Gasteiger partial charge >= 0.3 is 0 Å². The van der Waals surface area contributed by atoms with E-state index in [1.165, 1.54) is 11.1 Å². The summed E-state index contributed by atoms with van der Waals surface area (Å²) in [6, 6.07) is 8.69. The van der Waals surface area contributed by atoms with Gasteiger partial charge in [0.25, 0.3) is 0 Å². The first-order chi connectivity index (χ1) is 11.6. The molecule has 0 bridgehead atoms. The van der Waals surface area contributed by atoms with Crippen LogP contribution < -0.4 is 10.6 Å². The average Bonchev–Trinajstić information content (AvgIpc) is 3.09. The van der Waals surface area contributed by atoms with Gasteiger partial charge in [-0.2, -0.15) is 0 Å². The molecule has 1 amide bonds. The molecule has 0 aliphatic heterocycles. The molecule has 2 N–H and O–H groups in total. The number of rotatable bonds is 9. The smallest absolute Gasteiger partial charge is 0.230 e. The van der Waals surface area contributed by atoms with E-state index in [0.29, 0.717) is 19.1 Å². The molecule has 1 aliphatic rings. The summed E-state index contributed by atoms with van der Waals surface area (Å²) in [6.07, 6.45) is 4.17. The Bertz CT molecular complexity index is 505. The molecule has 24 heavy (non-hydrogen) atoms. The Hall–Kier alpha value is -1.39.